The quantitative estimate of drug-likeness (QED) is 0.0120. The lowest BCUT2D eigenvalue weighted by Crippen LogP contribution is -2.39. The van der Waals surface area contributed by atoms with E-state index < -0.39 is 46.1 Å². The summed E-state index contributed by atoms with van der Waals surface area (Å²) in [5, 5.41) is 17.2. The SMILES string of the molecule is CCCC(=O)OCC.CCOC(=O)C(CC)(CCC(=O)O)c1cncc(Nc2ccc(C)cc2)n1.CCOC(=O)C(CC)(CCC(=O)OCc1ccccc1)c1cncc(Cl)n1.CCOC(=O)C(CC)(CCC(=O)OCc1ccccc1)c1cncc(Nc2ccc(C)cc2)n1.CCOC(=O)C(CC)c1cncc(Cl)n1.Cc1ccc(N)cc1.Clc1cncc(Cl)n1.O=C(CCBr)OCc1ccccc1. The van der Waals surface area contributed by atoms with Crippen molar-refractivity contribution in [1.82, 2.24) is 49.8 Å². The number of rotatable bonds is 40. The summed E-state index contributed by atoms with van der Waals surface area (Å²) in [7, 11) is 0. The highest BCUT2D eigenvalue weighted by Crippen LogP contribution is 2.38. The number of aromatic nitrogens is 10. The van der Waals surface area contributed by atoms with Crippen LogP contribution >= 0.6 is 62.3 Å². The van der Waals surface area contributed by atoms with Crippen molar-refractivity contribution in [3.05, 3.63) is 303 Å². The first-order valence-electron chi connectivity index (χ1n) is 45.7. The monoisotopic (exact) mass is 2060 g/mol. The van der Waals surface area contributed by atoms with Gasteiger partial charge >= 0.3 is 53.7 Å². The Bertz CT molecular complexity index is 5490. The van der Waals surface area contributed by atoms with Gasteiger partial charge in [-0.25, -0.2) is 24.9 Å². The van der Waals surface area contributed by atoms with Crippen LogP contribution < -0.4 is 16.4 Å². The van der Waals surface area contributed by atoms with Crippen molar-refractivity contribution in [1.29, 1.82) is 0 Å². The molecule has 0 saturated carbocycles. The highest BCUT2D eigenvalue weighted by atomic mass is 79.9. The fourth-order valence-corrected chi connectivity index (χ4v) is 13.8. The van der Waals surface area contributed by atoms with E-state index in [4.69, 9.17) is 90.4 Å². The van der Waals surface area contributed by atoms with Crippen molar-refractivity contribution in [3.8, 4) is 0 Å². The van der Waals surface area contributed by atoms with Gasteiger partial charge in [0.25, 0.3) is 0 Å². The fraction of sp³-hybridized carbons (Fsp3) is 0.375. The van der Waals surface area contributed by atoms with Crippen molar-refractivity contribution in [2.24, 2.45) is 0 Å². The first kappa shape index (κ1) is 119. The van der Waals surface area contributed by atoms with Gasteiger partial charge in [-0.05, 0) is 160 Å². The number of esters is 8. The Hall–Kier alpha value is -13.0. The number of carbonyl (C=O) groups excluding carboxylic acids is 8. The Morgan fingerprint density at radius 2 is 0.686 bits per heavy atom. The molecule has 6 aromatic carbocycles. The van der Waals surface area contributed by atoms with Crippen LogP contribution in [-0.4, -0.2) is 147 Å². The number of anilines is 5. The number of halogens is 5. The number of hydrogen-bond acceptors (Lipinski definition) is 30. The summed E-state index contributed by atoms with van der Waals surface area (Å²) in [5.74, 6) is -3.01. The number of aryl methyl sites for hydroxylation is 3. The van der Waals surface area contributed by atoms with Crippen LogP contribution in [0.4, 0.5) is 28.7 Å². The van der Waals surface area contributed by atoms with Crippen LogP contribution in [0, 0.1) is 20.8 Å². The number of nitrogen functional groups attached to an aromatic ring is 1. The first-order chi connectivity index (χ1) is 67.3. The smallest absolute Gasteiger partial charge is 0.318 e. The third-order valence-corrected chi connectivity index (χ3v) is 21.6. The molecule has 0 aliphatic rings. The number of alkyl halides is 1. The first-order valence-corrected chi connectivity index (χ1v) is 48.4. The number of nitrogens with zero attached hydrogens (tertiary/aromatic N) is 10. The third kappa shape index (κ3) is 44.4. The number of nitrogens with two attached hydrogens (primary N) is 1. The molecule has 31 nitrogen and oxygen atoms in total. The van der Waals surface area contributed by atoms with Crippen LogP contribution in [0.25, 0.3) is 0 Å². The molecule has 36 heteroatoms. The molecule has 0 bridgehead atoms. The minimum atomic E-state index is -1.15. The number of carboxylic acids is 1. The van der Waals surface area contributed by atoms with Crippen molar-refractivity contribution in [2.45, 2.75) is 215 Å². The number of carboxylic acid groups (broad SMARTS) is 1. The van der Waals surface area contributed by atoms with Crippen LogP contribution in [0.5, 0.6) is 0 Å². The number of ether oxygens (including phenoxy) is 8. The molecule has 0 aliphatic carbocycles. The summed E-state index contributed by atoms with van der Waals surface area (Å²) in [6.07, 6.45) is 19.0. The van der Waals surface area contributed by atoms with E-state index in [-0.39, 0.29) is 112 Å². The summed E-state index contributed by atoms with van der Waals surface area (Å²) in [4.78, 5) is 149. The predicted molar refractivity (Wildman–Crippen MR) is 544 cm³/mol. The van der Waals surface area contributed by atoms with Crippen LogP contribution in [0.2, 0.25) is 20.6 Å². The van der Waals surface area contributed by atoms with E-state index in [1.54, 1.807) is 46.3 Å². The van der Waals surface area contributed by atoms with E-state index in [0.29, 0.717) is 108 Å². The van der Waals surface area contributed by atoms with Crippen LogP contribution in [0.1, 0.15) is 215 Å². The van der Waals surface area contributed by atoms with E-state index in [1.165, 1.54) is 48.9 Å². The lowest BCUT2D eigenvalue weighted by molar-refractivity contribution is -0.154. The van der Waals surface area contributed by atoms with Crippen LogP contribution in [0.15, 0.2) is 226 Å². The third-order valence-electron chi connectivity index (χ3n) is 20.5. The maximum atomic E-state index is 13.1. The molecule has 140 heavy (non-hydrogen) atoms. The molecule has 0 saturated heterocycles. The van der Waals surface area contributed by atoms with Gasteiger partial charge in [-0.2, -0.15) is 0 Å². The molecule has 0 amide bonds. The highest BCUT2D eigenvalue weighted by Gasteiger charge is 2.45. The molecule has 0 radical (unpaired) electrons. The zero-order chi connectivity index (χ0) is 103. The molecule has 750 valence electrons. The lowest BCUT2D eigenvalue weighted by Gasteiger charge is -2.29. The topological polar surface area (TPSA) is 427 Å². The van der Waals surface area contributed by atoms with Gasteiger partial charge in [-0.15, -0.1) is 0 Å². The van der Waals surface area contributed by atoms with Crippen molar-refractivity contribution in [3.63, 3.8) is 0 Å². The predicted octanol–water partition coefficient (Wildman–Crippen LogP) is 22.1. The van der Waals surface area contributed by atoms with E-state index in [9.17, 15) is 43.2 Å². The molecule has 11 aromatic rings. The summed E-state index contributed by atoms with van der Waals surface area (Å²) < 4.78 is 41.2. The van der Waals surface area contributed by atoms with Gasteiger partial charge in [-0.1, -0.05) is 241 Å². The second-order valence-electron chi connectivity index (χ2n) is 30.6. The maximum Gasteiger partial charge on any atom is 0.318 e. The maximum absolute atomic E-state index is 13.1. The molecule has 11 rings (SSSR count). The molecule has 4 atom stereocenters. The average molecular weight is 2070 g/mol. The summed E-state index contributed by atoms with van der Waals surface area (Å²) in [6.45, 7) is 26.5. The summed E-state index contributed by atoms with van der Waals surface area (Å²) >= 11 is 25.6. The lowest BCUT2D eigenvalue weighted by atomic mass is 9.77. The molecule has 0 spiro atoms. The average Bonchev–Trinajstić information content (AvgIpc) is 0.801. The van der Waals surface area contributed by atoms with Crippen molar-refractivity contribution >= 4 is 145 Å². The van der Waals surface area contributed by atoms with Gasteiger partial charge in [0, 0.05) is 72.9 Å². The molecule has 0 aliphatic heterocycles. The van der Waals surface area contributed by atoms with E-state index in [2.05, 4.69) is 81.1 Å². The van der Waals surface area contributed by atoms with E-state index in [0.717, 1.165) is 51.3 Å². The van der Waals surface area contributed by atoms with Gasteiger partial charge < -0.3 is 59.4 Å². The standard InChI is InChI=1S/C27H31N3O4.C20H23ClN2O4.C20H25N3O4.C10H11BrO2.C10H13ClN2O2.C7H9N.C6H12O2.C4H2Cl2N2/c1-4-27(26(32)33-5-2,16-15-25(31)34-19-21-9-7-6-8-10-21)23-17-28-18-24(30-23)29-22-13-11-20(3)12-14-22;1-3-20(19(25)26-4-2,16-12-22-13-17(21)23-16)11-10-18(24)27-14-15-8-6-5-7-9-15;1-4-20(11-10-18(24)25,19(26)27-5-2)16-12-21-13-17(23-16)22-15-8-6-14(3)7-9-15;11-7-6-10(12)13-8-9-4-2-1-3-5-9;1-3-7(10(14)15-4-2)8-5-12-6-9(11)13-8;1-6-2-4-7(8)5-3-6;1-3-5-6(7)8-4-2;5-3-1-7-2-4(6)8-3/h6-14,17-18H,4-5,15-16,19H2,1-3H3,(H,29,30);5-9,12-13H,3-4,10-11,14H2,1-2H3;6-9,12-13H,4-5,10-11H2,1-3H3,(H,22,23)(H,24,25);1-5H,6-8H2;5-7H,3-4H2,1-2H3;2-5H,8H2,1H3;3-5H2,1-2H3;1-2H. The molecule has 5 heterocycles. The number of nitrogens with one attached hydrogen (secondary N) is 2. The highest BCUT2D eigenvalue weighted by molar-refractivity contribution is 9.09. The zero-order valence-corrected chi connectivity index (χ0v) is 85.9. The minimum Gasteiger partial charge on any atom is -0.481 e. The Balaban J connectivity index is 0.000000352. The summed E-state index contributed by atoms with van der Waals surface area (Å²) in [5.41, 5.74) is 12.8. The fourth-order valence-electron chi connectivity index (χ4n) is 12.8. The Morgan fingerprint density at radius 1 is 0.364 bits per heavy atom. The molecule has 5 aromatic heterocycles. The molecule has 0 fully saturated rings. The van der Waals surface area contributed by atoms with Crippen molar-refractivity contribution in [2.75, 3.05) is 54.7 Å². The van der Waals surface area contributed by atoms with E-state index in [1.807, 2.05) is 226 Å². The van der Waals surface area contributed by atoms with Gasteiger partial charge in [-0.3, -0.25) is 68.1 Å². The van der Waals surface area contributed by atoms with Gasteiger partial charge in [0.15, 0.2) is 0 Å². The normalized spacial score (nSPS) is 11.7. The second-order valence-corrected chi connectivity index (χ2v) is 33.0. The molecular formula is C104H126BrCl4N13O18. The Kier molecular flexibility index (Phi) is 57.4. The second kappa shape index (κ2) is 67.3. The molecule has 5 N–H and O–H groups in total. The number of aliphatic carboxylic acids is 1. The van der Waals surface area contributed by atoms with Gasteiger partial charge in [0.1, 0.15) is 74.2 Å². The largest absolute Gasteiger partial charge is 0.481 e. The van der Waals surface area contributed by atoms with E-state index >= 15 is 0 Å². The Morgan fingerprint density at radius 3 is 1.00 bits per heavy atom. The molecular weight excluding hydrogens is 1940 g/mol. The van der Waals surface area contributed by atoms with Crippen LogP contribution in [-0.2, 0) is 117 Å². The van der Waals surface area contributed by atoms with Gasteiger partial charge in [0.2, 0.25) is 0 Å². The zero-order valence-electron chi connectivity index (χ0n) is 81.3. The number of benzene rings is 6. The van der Waals surface area contributed by atoms with Crippen LogP contribution in [0.3, 0.4) is 0 Å². The molecule has 4 unspecified atom stereocenters. The van der Waals surface area contributed by atoms with Crippen molar-refractivity contribution < 1.29 is 86.2 Å². The number of carbonyl (C=O) groups is 9. The Labute approximate surface area is 847 Å². The number of hydrogen-bond donors (Lipinski definition) is 4. The van der Waals surface area contributed by atoms with Gasteiger partial charge in [0.05, 0.1) is 99.4 Å². The summed E-state index contributed by atoms with van der Waals surface area (Å²) in [6, 6.07) is 52.0. The minimum absolute atomic E-state index is 0.0493.